The van der Waals surface area contributed by atoms with Crippen LogP contribution in [0.2, 0.25) is 0 Å². The Morgan fingerprint density at radius 3 is 2.03 bits per heavy atom. The van der Waals surface area contributed by atoms with Crippen molar-refractivity contribution >= 4 is 30.5 Å². The normalized spacial score (nSPS) is 15.0. The number of hydrogen-bond donors (Lipinski definition) is 1. The summed E-state index contributed by atoms with van der Waals surface area (Å²) in [6, 6.07) is 27.6. The van der Waals surface area contributed by atoms with Gasteiger partial charge >= 0.3 is 0 Å². The van der Waals surface area contributed by atoms with Gasteiger partial charge in [-0.1, -0.05) is 54.6 Å². The molecule has 0 radical (unpaired) electrons. The number of halogens is 2. The van der Waals surface area contributed by atoms with Gasteiger partial charge in [0, 0.05) is 38.9 Å². The fourth-order valence-corrected chi connectivity index (χ4v) is 4.63. The fourth-order valence-electron chi connectivity index (χ4n) is 4.63. The van der Waals surface area contributed by atoms with Crippen LogP contribution in [-0.2, 0) is 6.54 Å². The van der Waals surface area contributed by atoms with Crippen molar-refractivity contribution in [1.82, 2.24) is 4.90 Å². The highest BCUT2D eigenvalue weighted by atomic mass is 35.5. The summed E-state index contributed by atoms with van der Waals surface area (Å²) < 4.78 is 5.74. The van der Waals surface area contributed by atoms with Crippen LogP contribution >= 0.6 is 24.8 Å². The highest BCUT2D eigenvalue weighted by molar-refractivity contribution is 5.85. The smallest absolute Gasteiger partial charge is 0.119 e. The van der Waals surface area contributed by atoms with Gasteiger partial charge in [-0.3, -0.25) is 4.90 Å². The van der Waals surface area contributed by atoms with Crippen LogP contribution in [0.4, 0.5) is 5.69 Å². The Hall–Kier alpha value is -2.24. The molecule has 196 valence electrons. The maximum absolute atomic E-state index is 11.2. The number of aliphatic hydroxyl groups is 1. The third kappa shape index (κ3) is 8.41. The van der Waals surface area contributed by atoms with Crippen LogP contribution in [0.15, 0.2) is 78.9 Å². The van der Waals surface area contributed by atoms with Gasteiger partial charge < -0.3 is 14.7 Å². The van der Waals surface area contributed by atoms with Crippen LogP contribution in [0.1, 0.15) is 38.7 Å². The summed E-state index contributed by atoms with van der Waals surface area (Å²) in [7, 11) is 2.09. The summed E-state index contributed by atoms with van der Waals surface area (Å²) in [5, 5.41) is 11.2. The number of likely N-dealkylation sites (tertiary alicyclic amines) is 1. The second kappa shape index (κ2) is 13.9. The zero-order valence-electron chi connectivity index (χ0n) is 21.6. The van der Waals surface area contributed by atoms with E-state index in [9.17, 15) is 5.11 Å². The number of hydrogen-bond acceptors (Lipinski definition) is 4. The molecule has 1 saturated heterocycles. The van der Waals surface area contributed by atoms with E-state index >= 15 is 0 Å². The van der Waals surface area contributed by atoms with Gasteiger partial charge in [-0.15, -0.1) is 24.8 Å². The van der Waals surface area contributed by atoms with E-state index in [0.717, 1.165) is 56.9 Å². The van der Waals surface area contributed by atoms with Crippen molar-refractivity contribution in [3.63, 3.8) is 0 Å². The summed E-state index contributed by atoms with van der Waals surface area (Å²) in [5.74, 6) is 0.896. The molecule has 0 atom stereocenters. The summed E-state index contributed by atoms with van der Waals surface area (Å²) in [5.41, 5.74) is 4.40. The Morgan fingerprint density at radius 1 is 0.861 bits per heavy atom. The average molecular weight is 532 g/mol. The maximum atomic E-state index is 11.2. The first-order chi connectivity index (χ1) is 16.4. The molecule has 0 spiro atoms. The quantitative estimate of drug-likeness (QED) is 0.328. The van der Waals surface area contributed by atoms with Crippen LogP contribution in [0, 0.1) is 0 Å². The number of piperidine rings is 1. The summed E-state index contributed by atoms with van der Waals surface area (Å²) >= 11 is 0. The Labute approximate surface area is 229 Å². The summed E-state index contributed by atoms with van der Waals surface area (Å²) in [6.45, 7) is 7.71. The molecule has 1 fully saturated rings. The zero-order valence-corrected chi connectivity index (χ0v) is 23.2. The van der Waals surface area contributed by atoms with Crippen LogP contribution in [0.5, 0.6) is 5.75 Å². The Bertz CT molecular complexity index is 1020. The highest BCUT2D eigenvalue weighted by Crippen LogP contribution is 2.28. The van der Waals surface area contributed by atoms with E-state index in [4.69, 9.17) is 4.74 Å². The predicted molar refractivity (Wildman–Crippen MR) is 156 cm³/mol. The SMILES string of the molecule is CC(C)Oc1ccc(N(C)CCC2(O)CCN(Cc3ccc(-c4ccccc4)cc3)CC2)cc1.Cl.Cl. The Morgan fingerprint density at radius 2 is 1.44 bits per heavy atom. The van der Waals surface area contributed by atoms with E-state index in [1.165, 1.54) is 16.7 Å². The Balaban J connectivity index is 0.00000228. The van der Waals surface area contributed by atoms with Crippen LogP contribution in [0.25, 0.3) is 11.1 Å². The van der Waals surface area contributed by atoms with Crippen molar-refractivity contribution in [3.8, 4) is 16.9 Å². The van der Waals surface area contributed by atoms with E-state index in [1.54, 1.807) is 0 Å². The van der Waals surface area contributed by atoms with Crippen LogP contribution < -0.4 is 9.64 Å². The number of nitrogens with zero attached hydrogens (tertiary/aromatic N) is 2. The molecule has 0 aromatic heterocycles. The van der Waals surface area contributed by atoms with Crippen molar-refractivity contribution in [1.29, 1.82) is 0 Å². The lowest BCUT2D eigenvalue weighted by atomic mass is 9.88. The third-order valence-corrected chi connectivity index (χ3v) is 6.82. The van der Waals surface area contributed by atoms with Gasteiger partial charge in [0.2, 0.25) is 0 Å². The summed E-state index contributed by atoms with van der Waals surface area (Å²) in [6.07, 6.45) is 2.61. The molecule has 0 amide bonds. The lowest BCUT2D eigenvalue weighted by molar-refractivity contribution is -0.0275. The van der Waals surface area contributed by atoms with Crippen molar-refractivity contribution in [2.45, 2.75) is 51.4 Å². The van der Waals surface area contributed by atoms with Gasteiger partial charge in [0.15, 0.2) is 0 Å². The van der Waals surface area contributed by atoms with Crippen molar-refractivity contribution in [2.24, 2.45) is 0 Å². The average Bonchev–Trinajstić information content (AvgIpc) is 2.85. The maximum Gasteiger partial charge on any atom is 0.119 e. The van der Waals surface area contributed by atoms with Gasteiger partial charge in [0.25, 0.3) is 0 Å². The highest BCUT2D eigenvalue weighted by Gasteiger charge is 2.32. The molecule has 0 unspecified atom stereocenters. The van der Waals surface area contributed by atoms with Crippen molar-refractivity contribution in [2.75, 3.05) is 31.6 Å². The van der Waals surface area contributed by atoms with Crippen molar-refractivity contribution < 1.29 is 9.84 Å². The van der Waals surface area contributed by atoms with Crippen molar-refractivity contribution in [3.05, 3.63) is 84.4 Å². The molecule has 1 heterocycles. The first kappa shape index (κ1) is 30.0. The molecule has 0 aliphatic carbocycles. The van der Waals surface area contributed by atoms with E-state index in [-0.39, 0.29) is 30.9 Å². The lowest BCUT2D eigenvalue weighted by Crippen LogP contribution is -2.45. The van der Waals surface area contributed by atoms with Gasteiger partial charge in [-0.2, -0.15) is 0 Å². The molecule has 36 heavy (non-hydrogen) atoms. The van der Waals surface area contributed by atoms with Crippen LogP contribution in [0.3, 0.4) is 0 Å². The van der Waals surface area contributed by atoms with E-state index in [1.807, 2.05) is 32.0 Å². The number of ether oxygens (including phenoxy) is 1. The largest absolute Gasteiger partial charge is 0.491 e. The number of benzene rings is 3. The van der Waals surface area contributed by atoms with E-state index in [0.29, 0.717) is 0 Å². The van der Waals surface area contributed by atoms with Gasteiger partial charge in [0.05, 0.1) is 11.7 Å². The van der Waals surface area contributed by atoms with E-state index < -0.39 is 5.60 Å². The Kier molecular flexibility index (Phi) is 11.6. The van der Waals surface area contributed by atoms with Gasteiger partial charge in [-0.25, -0.2) is 0 Å². The second-order valence-corrected chi connectivity index (χ2v) is 9.90. The minimum absolute atomic E-state index is 0. The van der Waals surface area contributed by atoms with Crippen LogP contribution in [-0.4, -0.2) is 48.4 Å². The molecular formula is C30H40Cl2N2O2. The fraction of sp³-hybridized carbons (Fsp3) is 0.400. The first-order valence-corrected chi connectivity index (χ1v) is 12.5. The number of anilines is 1. The zero-order chi connectivity index (χ0) is 24.0. The molecule has 3 aromatic rings. The molecule has 0 saturated carbocycles. The van der Waals surface area contributed by atoms with Gasteiger partial charge in [0.1, 0.15) is 5.75 Å². The molecule has 1 aliphatic heterocycles. The monoisotopic (exact) mass is 530 g/mol. The number of rotatable bonds is 9. The molecule has 4 nitrogen and oxygen atoms in total. The molecule has 6 heteroatoms. The molecule has 3 aromatic carbocycles. The molecule has 4 rings (SSSR count). The minimum atomic E-state index is -0.581. The second-order valence-electron chi connectivity index (χ2n) is 9.90. The molecule has 0 bridgehead atoms. The summed E-state index contributed by atoms with van der Waals surface area (Å²) in [4.78, 5) is 4.68. The molecular weight excluding hydrogens is 491 g/mol. The minimum Gasteiger partial charge on any atom is -0.491 e. The lowest BCUT2D eigenvalue weighted by Gasteiger charge is -2.39. The topological polar surface area (TPSA) is 35.9 Å². The predicted octanol–water partition coefficient (Wildman–Crippen LogP) is 6.84. The third-order valence-electron chi connectivity index (χ3n) is 6.82. The standard InChI is InChI=1S/C30H38N2O2.2ClH/c1-24(2)34-29-15-13-28(14-16-29)31(3)20-17-30(33)18-21-32(22-19-30)23-25-9-11-27(12-10-25)26-7-5-4-6-8-26;;/h4-16,24,33H,17-23H2,1-3H3;2*1H. The first-order valence-electron chi connectivity index (χ1n) is 12.5. The van der Waals surface area contributed by atoms with Gasteiger partial charge in [-0.05, 0) is 74.1 Å². The molecule has 1 N–H and O–H groups in total. The van der Waals surface area contributed by atoms with E-state index in [2.05, 4.69) is 77.5 Å². The molecule has 1 aliphatic rings.